The third-order valence-electron chi connectivity index (χ3n) is 5.40. The Balaban J connectivity index is 1.92. The highest BCUT2D eigenvalue weighted by atomic mass is 19.4. The minimum absolute atomic E-state index is 0.0918. The monoisotopic (exact) mass is 448 g/mol. The first kappa shape index (κ1) is 23.6. The number of aliphatic hydroxyl groups is 1. The predicted molar refractivity (Wildman–Crippen MR) is 100 cm³/mol. The molecule has 0 spiro atoms. The van der Waals surface area contributed by atoms with E-state index in [9.17, 15) is 31.4 Å². The zero-order valence-corrected chi connectivity index (χ0v) is 16.6. The van der Waals surface area contributed by atoms with Crippen LogP contribution in [0.4, 0.5) is 26.3 Å². The zero-order chi connectivity index (χ0) is 22.8. The number of halogens is 6. The molecule has 1 aliphatic rings. The van der Waals surface area contributed by atoms with Crippen molar-refractivity contribution in [3.63, 3.8) is 0 Å². The molecular formula is C22H22F6O3. The second-order valence-electron chi connectivity index (χ2n) is 7.57. The standard InChI is InChI=1S/C22H22F6O3/c1-13(15-7-17(21(23,24)25)9-18(8-15)22(26,27)28)31-19-12-30-11-16(10-29)20(19)14-5-3-2-4-6-14/h2-9,13,16,19-20,29H,10-12H2,1H3. The van der Waals surface area contributed by atoms with Crippen LogP contribution in [0.15, 0.2) is 48.5 Å². The van der Waals surface area contributed by atoms with E-state index in [2.05, 4.69) is 0 Å². The maximum Gasteiger partial charge on any atom is 0.416 e. The fourth-order valence-electron chi connectivity index (χ4n) is 3.85. The maximum atomic E-state index is 13.2. The summed E-state index contributed by atoms with van der Waals surface area (Å²) < 4.78 is 90.5. The van der Waals surface area contributed by atoms with Crippen molar-refractivity contribution in [1.29, 1.82) is 0 Å². The molecule has 4 atom stereocenters. The van der Waals surface area contributed by atoms with Gasteiger partial charge in [-0.3, -0.25) is 0 Å². The second-order valence-corrected chi connectivity index (χ2v) is 7.57. The summed E-state index contributed by atoms with van der Waals surface area (Å²) in [5, 5.41) is 9.76. The van der Waals surface area contributed by atoms with Crippen LogP contribution in [0.25, 0.3) is 0 Å². The molecule has 2 aromatic carbocycles. The molecule has 1 fully saturated rings. The molecule has 0 amide bonds. The Labute approximate surface area is 175 Å². The van der Waals surface area contributed by atoms with Gasteiger partial charge in [-0.25, -0.2) is 0 Å². The maximum absolute atomic E-state index is 13.2. The van der Waals surface area contributed by atoms with Crippen molar-refractivity contribution in [3.05, 3.63) is 70.8 Å². The normalized spacial score (nSPS) is 23.5. The lowest BCUT2D eigenvalue weighted by Gasteiger charge is -2.39. The molecule has 0 aromatic heterocycles. The van der Waals surface area contributed by atoms with Gasteiger partial charge in [0.15, 0.2) is 0 Å². The number of benzene rings is 2. The summed E-state index contributed by atoms with van der Waals surface area (Å²) in [4.78, 5) is 0. The van der Waals surface area contributed by atoms with E-state index >= 15 is 0 Å². The number of hydrogen-bond donors (Lipinski definition) is 1. The van der Waals surface area contributed by atoms with E-state index in [1.807, 2.05) is 30.3 Å². The fourth-order valence-corrected chi connectivity index (χ4v) is 3.85. The number of aliphatic hydroxyl groups excluding tert-OH is 1. The van der Waals surface area contributed by atoms with Gasteiger partial charge in [-0.15, -0.1) is 0 Å². The third-order valence-corrected chi connectivity index (χ3v) is 5.40. The molecule has 2 aromatic rings. The van der Waals surface area contributed by atoms with Crippen LogP contribution in [-0.4, -0.2) is 31.0 Å². The lowest BCUT2D eigenvalue weighted by atomic mass is 9.81. The summed E-state index contributed by atoms with van der Waals surface area (Å²) in [7, 11) is 0. The molecule has 1 heterocycles. The first-order valence-corrected chi connectivity index (χ1v) is 9.69. The van der Waals surface area contributed by atoms with Crippen LogP contribution in [0.1, 0.15) is 41.2 Å². The van der Waals surface area contributed by atoms with E-state index in [-0.39, 0.29) is 43.3 Å². The SMILES string of the molecule is CC(OC1COCC(CO)C1c1ccccc1)c1cc(C(F)(F)F)cc(C(F)(F)F)c1. The van der Waals surface area contributed by atoms with E-state index in [1.54, 1.807) is 0 Å². The highest BCUT2D eigenvalue weighted by molar-refractivity contribution is 5.35. The Bertz CT molecular complexity index is 834. The third kappa shape index (κ3) is 5.58. The molecule has 0 saturated carbocycles. The molecular weight excluding hydrogens is 426 g/mol. The van der Waals surface area contributed by atoms with Crippen molar-refractivity contribution in [2.75, 3.05) is 19.8 Å². The van der Waals surface area contributed by atoms with Crippen LogP contribution in [0, 0.1) is 5.92 Å². The minimum atomic E-state index is -4.93. The van der Waals surface area contributed by atoms with E-state index < -0.39 is 35.7 Å². The van der Waals surface area contributed by atoms with Crippen molar-refractivity contribution >= 4 is 0 Å². The van der Waals surface area contributed by atoms with Crippen LogP contribution < -0.4 is 0 Å². The first-order valence-electron chi connectivity index (χ1n) is 9.69. The average Bonchev–Trinajstić information content (AvgIpc) is 2.72. The summed E-state index contributed by atoms with van der Waals surface area (Å²) in [6.45, 7) is 1.58. The van der Waals surface area contributed by atoms with Crippen molar-refractivity contribution in [2.45, 2.75) is 37.4 Å². The predicted octanol–water partition coefficient (Wildman–Crippen LogP) is 5.59. The summed E-state index contributed by atoms with van der Waals surface area (Å²) in [5.74, 6) is -0.643. The van der Waals surface area contributed by atoms with Crippen molar-refractivity contribution in [1.82, 2.24) is 0 Å². The summed E-state index contributed by atoms with van der Waals surface area (Å²) in [6.07, 6.45) is -11.6. The summed E-state index contributed by atoms with van der Waals surface area (Å²) in [6, 6.07) is 10.5. The van der Waals surface area contributed by atoms with Crippen LogP contribution in [0.5, 0.6) is 0 Å². The highest BCUT2D eigenvalue weighted by Crippen LogP contribution is 2.40. The number of ether oxygens (including phenoxy) is 2. The molecule has 9 heteroatoms. The van der Waals surface area contributed by atoms with E-state index in [1.165, 1.54) is 6.92 Å². The van der Waals surface area contributed by atoms with E-state index in [0.29, 0.717) is 12.1 Å². The Hall–Kier alpha value is -2.10. The van der Waals surface area contributed by atoms with Gasteiger partial charge in [0.05, 0.1) is 36.5 Å². The van der Waals surface area contributed by atoms with Crippen LogP contribution in [0.3, 0.4) is 0 Å². The molecule has 0 bridgehead atoms. The fraction of sp³-hybridized carbons (Fsp3) is 0.455. The van der Waals surface area contributed by atoms with Gasteiger partial charge in [0.25, 0.3) is 0 Å². The van der Waals surface area contributed by atoms with Gasteiger partial charge < -0.3 is 14.6 Å². The number of rotatable bonds is 5. The second kappa shape index (κ2) is 9.18. The van der Waals surface area contributed by atoms with Crippen molar-refractivity contribution in [3.8, 4) is 0 Å². The topological polar surface area (TPSA) is 38.7 Å². The quantitative estimate of drug-likeness (QED) is 0.606. The Morgan fingerprint density at radius 2 is 1.55 bits per heavy atom. The molecule has 1 aliphatic heterocycles. The van der Waals surface area contributed by atoms with Gasteiger partial charge >= 0.3 is 12.4 Å². The smallest absolute Gasteiger partial charge is 0.396 e. The van der Waals surface area contributed by atoms with Crippen LogP contribution >= 0.6 is 0 Å². The molecule has 4 unspecified atom stereocenters. The van der Waals surface area contributed by atoms with Crippen molar-refractivity contribution in [2.24, 2.45) is 5.92 Å². The first-order chi connectivity index (χ1) is 14.5. The lowest BCUT2D eigenvalue weighted by molar-refractivity contribution is -0.143. The van der Waals surface area contributed by atoms with Crippen LogP contribution in [-0.2, 0) is 21.8 Å². The van der Waals surface area contributed by atoms with E-state index in [0.717, 1.165) is 5.56 Å². The largest absolute Gasteiger partial charge is 0.416 e. The molecule has 1 N–H and O–H groups in total. The van der Waals surface area contributed by atoms with Crippen molar-refractivity contribution < 1.29 is 40.9 Å². The Morgan fingerprint density at radius 3 is 2.06 bits per heavy atom. The summed E-state index contributed by atoms with van der Waals surface area (Å²) >= 11 is 0. The molecule has 3 rings (SSSR count). The van der Waals surface area contributed by atoms with Gasteiger partial charge in [0.1, 0.15) is 0 Å². The van der Waals surface area contributed by atoms with Gasteiger partial charge in [-0.2, -0.15) is 26.3 Å². The molecule has 31 heavy (non-hydrogen) atoms. The zero-order valence-electron chi connectivity index (χ0n) is 16.6. The van der Waals surface area contributed by atoms with Gasteiger partial charge in [-0.05, 0) is 36.2 Å². The number of alkyl halides is 6. The minimum Gasteiger partial charge on any atom is -0.396 e. The summed E-state index contributed by atoms with van der Waals surface area (Å²) in [5.41, 5.74) is -2.16. The van der Waals surface area contributed by atoms with Gasteiger partial charge in [0.2, 0.25) is 0 Å². The average molecular weight is 448 g/mol. The molecule has 1 saturated heterocycles. The van der Waals surface area contributed by atoms with Crippen LogP contribution in [0.2, 0.25) is 0 Å². The number of hydrogen-bond acceptors (Lipinski definition) is 3. The molecule has 0 aliphatic carbocycles. The molecule has 3 nitrogen and oxygen atoms in total. The molecule has 0 radical (unpaired) electrons. The highest BCUT2D eigenvalue weighted by Gasteiger charge is 2.39. The Morgan fingerprint density at radius 1 is 0.968 bits per heavy atom. The molecule has 170 valence electrons. The lowest BCUT2D eigenvalue weighted by Crippen LogP contribution is -2.41. The van der Waals surface area contributed by atoms with Gasteiger partial charge in [0, 0.05) is 18.4 Å². The Kier molecular flexibility index (Phi) is 6.98. The van der Waals surface area contributed by atoms with E-state index in [4.69, 9.17) is 9.47 Å². The van der Waals surface area contributed by atoms with Gasteiger partial charge in [-0.1, -0.05) is 30.3 Å².